The average Bonchev–Trinajstić information content (AvgIpc) is 2.81. The Morgan fingerprint density at radius 1 is 0.935 bits per heavy atom. The van der Waals surface area contributed by atoms with Crippen LogP contribution in [0.3, 0.4) is 0 Å². The van der Waals surface area contributed by atoms with Crippen molar-refractivity contribution < 1.29 is 14.3 Å². The van der Waals surface area contributed by atoms with Gasteiger partial charge in [-0.1, -0.05) is 24.3 Å². The van der Waals surface area contributed by atoms with Crippen LogP contribution >= 0.6 is 0 Å². The summed E-state index contributed by atoms with van der Waals surface area (Å²) >= 11 is 0. The summed E-state index contributed by atoms with van der Waals surface area (Å²) in [7, 11) is 1.63. The maximum absolute atomic E-state index is 13.2. The molecule has 1 heterocycles. The zero-order chi connectivity index (χ0) is 21.8. The lowest BCUT2D eigenvalue weighted by Crippen LogP contribution is -2.20. The molecule has 5 heteroatoms. The van der Waals surface area contributed by atoms with Crippen molar-refractivity contribution in [3.8, 4) is 11.5 Å². The number of para-hydroxylation sites is 1. The number of ether oxygens (including phenoxy) is 2. The normalized spacial score (nSPS) is 10.8. The highest BCUT2D eigenvalue weighted by atomic mass is 16.5. The third-order valence-electron chi connectivity index (χ3n) is 5.15. The summed E-state index contributed by atoms with van der Waals surface area (Å²) in [5.41, 5.74) is 2.11. The Balaban J connectivity index is 1.79. The molecule has 0 aliphatic heterocycles. The third-order valence-corrected chi connectivity index (χ3v) is 5.15. The summed E-state index contributed by atoms with van der Waals surface area (Å²) in [5.74, 6) is 1.14. The molecule has 0 bridgehead atoms. The van der Waals surface area contributed by atoms with Crippen molar-refractivity contribution in [2.75, 3.05) is 13.7 Å². The van der Waals surface area contributed by atoms with Gasteiger partial charge in [0.2, 0.25) is 5.43 Å². The van der Waals surface area contributed by atoms with Gasteiger partial charge in [-0.25, -0.2) is 0 Å². The molecule has 0 amide bonds. The minimum Gasteiger partial charge on any atom is -0.497 e. The van der Waals surface area contributed by atoms with Gasteiger partial charge in [0.05, 0.1) is 24.8 Å². The fourth-order valence-corrected chi connectivity index (χ4v) is 3.63. The fourth-order valence-electron chi connectivity index (χ4n) is 3.63. The molecule has 0 aliphatic carbocycles. The molecule has 0 saturated heterocycles. The topological polar surface area (TPSA) is 57.5 Å². The molecule has 0 saturated carbocycles. The van der Waals surface area contributed by atoms with Crippen molar-refractivity contribution in [3.05, 3.63) is 106 Å². The van der Waals surface area contributed by atoms with Gasteiger partial charge in [-0.3, -0.25) is 9.59 Å². The van der Waals surface area contributed by atoms with Crippen LogP contribution in [0.4, 0.5) is 0 Å². The first-order valence-electron chi connectivity index (χ1n) is 10.1. The zero-order valence-electron chi connectivity index (χ0n) is 17.5. The van der Waals surface area contributed by atoms with Crippen LogP contribution in [-0.2, 0) is 6.54 Å². The minimum absolute atomic E-state index is 0.144. The van der Waals surface area contributed by atoms with E-state index in [-0.39, 0.29) is 16.8 Å². The summed E-state index contributed by atoms with van der Waals surface area (Å²) in [6.07, 6.45) is 1.66. The quantitative estimate of drug-likeness (QED) is 0.413. The number of hydrogen-bond donors (Lipinski definition) is 0. The molecule has 5 nitrogen and oxygen atoms in total. The Morgan fingerprint density at radius 2 is 1.71 bits per heavy atom. The first-order valence-corrected chi connectivity index (χ1v) is 10.1. The number of fused-ring (bicyclic) bond motifs is 1. The molecule has 1 aromatic heterocycles. The van der Waals surface area contributed by atoms with Crippen molar-refractivity contribution in [2.24, 2.45) is 0 Å². The van der Waals surface area contributed by atoms with Gasteiger partial charge in [0.25, 0.3) is 0 Å². The van der Waals surface area contributed by atoms with Crippen LogP contribution in [0.2, 0.25) is 0 Å². The number of ketones is 1. The van der Waals surface area contributed by atoms with Gasteiger partial charge >= 0.3 is 0 Å². The lowest BCUT2D eigenvalue weighted by atomic mass is 10.0. The number of rotatable bonds is 7. The van der Waals surface area contributed by atoms with Crippen LogP contribution in [0.1, 0.15) is 28.4 Å². The maximum atomic E-state index is 13.2. The standard InChI is InChI=1S/C26H23NO4/c1-3-31-20-13-11-19(12-14-20)25(28)23-17-27(16-18-7-6-8-21(15-18)30-2)24-10-5-4-9-22(24)26(23)29/h4-15,17H,3,16H2,1-2H3. The predicted octanol–water partition coefficient (Wildman–Crippen LogP) is 4.69. The van der Waals surface area contributed by atoms with E-state index < -0.39 is 0 Å². The van der Waals surface area contributed by atoms with Gasteiger partial charge in [0, 0.05) is 23.7 Å². The van der Waals surface area contributed by atoms with Crippen molar-refractivity contribution in [3.63, 3.8) is 0 Å². The smallest absolute Gasteiger partial charge is 0.200 e. The van der Waals surface area contributed by atoms with Crippen LogP contribution in [0.5, 0.6) is 11.5 Å². The summed E-state index contributed by atoms with van der Waals surface area (Å²) in [5, 5.41) is 0.516. The van der Waals surface area contributed by atoms with Crippen LogP contribution in [0, 0.1) is 0 Å². The number of methoxy groups -OCH3 is 1. The molecular weight excluding hydrogens is 390 g/mol. The Kier molecular flexibility index (Phi) is 5.85. The van der Waals surface area contributed by atoms with Crippen molar-refractivity contribution in [1.82, 2.24) is 4.57 Å². The third kappa shape index (κ3) is 4.21. The Morgan fingerprint density at radius 3 is 2.45 bits per heavy atom. The van der Waals surface area contributed by atoms with E-state index in [0.29, 0.717) is 29.9 Å². The highest BCUT2D eigenvalue weighted by molar-refractivity contribution is 6.10. The molecule has 0 N–H and O–H groups in total. The number of nitrogens with zero attached hydrogens (tertiary/aromatic N) is 1. The van der Waals surface area contributed by atoms with Crippen molar-refractivity contribution in [1.29, 1.82) is 0 Å². The Hall–Kier alpha value is -3.86. The van der Waals surface area contributed by atoms with E-state index in [1.54, 1.807) is 43.6 Å². The second-order valence-electron chi connectivity index (χ2n) is 7.15. The van der Waals surface area contributed by atoms with Crippen LogP contribution in [0.25, 0.3) is 10.9 Å². The van der Waals surface area contributed by atoms with E-state index in [9.17, 15) is 9.59 Å². The Labute approximate surface area is 180 Å². The average molecular weight is 413 g/mol. The number of benzene rings is 3. The molecular formula is C26H23NO4. The molecule has 156 valence electrons. The van der Waals surface area contributed by atoms with Gasteiger partial charge in [-0.2, -0.15) is 0 Å². The fraction of sp³-hybridized carbons (Fsp3) is 0.154. The van der Waals surface area contributed by atoms with Crippen molar-refractivity contribution >= 4 is 16.7 Å². The van der Waals surface area contributed by atoms with E-state index in [4.69, 9.17) is 9.47 Å². The number of carbonyl (C=O) groups excluding carboxylic acids is 1. The van der Waals surface area contributed by atoms with Crippen LogP contribution in [0.15, 0.2) is 83.8 Å². The monoisotopic (exact) mass is 413 g/mol. The van der Waals surface area contributed by atoms with E-state index >= 15 is 0 Å². The van der Waals surface area contributed by atoms with E-state index in [0.717, 1.165) is 16.8 Å². The van der Waals surface area contributed by atoms with E-state index in [1.807, 2.05) is 54.0 Å². The summed E-state index contributed by atoms with van der Waals surface area (Å²) < 4.78 is 12.7. The van der Waals surface area contributed by atoms with Crippen molar-refractivity contribution in [2.45, 2.75) is 13.5 Å². The van der Waals surface area contributed by atoms with E-state index in [2.05, 4.69) is 0 Å². The molecule has 0 atom stereocenters. The molecule has 31 heavy (non-hydrogen) atoms. The second kappa shape index (κ2) is 8.88. The van der Waals surface area contributed by atoms with Gasteiger partial charge in [-0.05, 0) is 61.0 Å². The van der Waals surface area contributed by atoms with E-state index in [1.165, 1.54) is 0 Å². The molecule has 0 fully saturated rings. The largest absolute Gasteiger partial charge is 0.497 e. The summed E-state index contributed by atoms with van der Waals surface area (Å²) in [6.45, 7) is 2.95. The molecule has 0 aliphatic rings. The number of aromatic nitrogens is 1. The summed E-state index contributed by atoms with van der Waals surface area (Å²) in [6, 6.07) is 21.9. The highest BCUT2D eigenvalue weighted by Crippen LogP contribution is 2.19. The lowest BCUT2D eigenvalue weighted by molar-refractivity contribution is 0.103. The predicted molar refractivity (Wildman–Crippen MR) is 121 cm³/mol. The molecule has 4 aromatic rings. The van der Waals surface area contributed by atoms with Crippen LogP contribution in [-0.4, -0.2) is 24.1 Å². The highest BCUT2D eigenvalue weighted by Gasteiger charge is 2.17. The SMILES string of the molecule is CCOc1ccc(C(=O)c2cn(Cc3cccc(OC)c3)c3ccccc3c2=O)cc1. The molecule has 0 spiro atoms. The van der Waals surface area contributed by atoms with Gasteiger partial charge in [0.15, 0.2) is 5.78 Å². The molecule has 0 unspecified atom stereocenters. The second-order valence-corrected chi connectivity index (χ2v) is 7.15. The zero-order valence-corrected chi connectivity index (χ0v) is 17.5. The number of hydrogen-bond acceptors (Lipinski definition) is 4. The lowest BCUT2D eigenvalue weighted by Gasteiger charge is -2.14. The summed E-state index contributed by atoms with van der Waals surface area (Å²) in [4.78, 5) is 26.3. The Bertz CT molecular complexity index is 1290. The number of carbonyl (C=O) groups is 1. The molecule has 4 rings (SSSR count). The maximum Gasteiger partial charge on any atom is 0.200 e. The molecule has 0 radical (unpaired) electrons. The van der Waals surface area contributed by atoms with Gasteiger partial charge in [0.1, 0.15) is 11.5 Å². The van der Waals surface area contributed by atoms with Crippen LogP contribution < -0.4 is 14.9 Å². The number of pyridine rings is 1. The first kappa shape index (κ1) is 20.4. The van der Waals surface area contributed by atoms with Gasteiger partial charge in [-0.15, -0.1) is 0 Å². The van der Waals surface area contributed by atoms with Gasteiger partial charge < -0.3 is 14.0 Å². The molecule has 3 aromatic carbocycles. The first-order chi connectivity index (χ1) is 15.1. The minimum atomic E-state index is -0.307.